The third kappa shape index (κ3) is 5.01. The van der Waals surface area contributed by atoms with Crippen LogP contribution in [-0.4, -0.2) is 31.3 Å². The first-order valence-electron chi connectivity index (χ1n) is 6.59. The van der Waals surface area contributed by atoms with Crippen LogP contribution in [0.5, 0.6) is 0 Å². The molecular formula is C15H25NOS. The van der Waals surface area contributed by atoms with Crippen LogP contribution in [0.1, 0.15) is 31.0 Å². The minimum Gasteiger partial charge on any atom is -0.384 e. The van der Waals surface area contributed by atoms with Gasteiger partial charge < -0.3 is 10.1 Å². The number of benzene rings is 1. The summed E-state index contributed by atoms with van der Waals surface area (Å²) >= 11 is 1.96. The zero-order valence-electron chi connectivity index (χ0n) is 11.9. The highest BCUT2D eigenvalue weighted by atomic mass is 32.2. The molecular weight excluding hydrogens is 242 g/mol. The summed E-state index contributed by atoms with van der Waals surface area (Å²) in [5.74, 6) is 1.05. The van der Waals surface area contributed by atoms with E-state index in [0.717, 1.165) is 18.9 Å². The van der Waals surface area contributed by atoms with Gasteiger partial charge in [0.15, 0.2) is 0 Å². The first-order valence-corrected chi connectivity index (χ1v) is 7.64. The Kier molecular flexibility index (Phi) is 7.40. The zero-order chi connectivity index (χ0) is 13.4. The van der Waals surface area contributed by atoms with Gasteiger partial charge in [-0.25, -0.2) is 0 Å². The lowest BCUT2D eigenvalue weighted by Crippen LogP contribution is -2.28. The van der Waals surface area contributed by atoms with Gasteiger partial charge >= 0.3 is 0 Å². The molecule has 1 rings (SSSR count). The molecule has 0 bridgehead atoms. The Morgan fingerprint density at radius 3 is 2.50 bits per heavy atom. The van der Waals surface area contributed by atoms with Gasteiger partial charge in [0, 0.05) is 24.2 Å². The van der Waals surface area contributed by atoms with Crippen LogP contribution in [-0.2, 0) is 4.74 Å². The maximum atomic E-state index is 5.11. The average molecular weight is 267 g/mol. The molecule has 0 aliphatic carbocycles. The van der Waals surface area contributed by atoms with E-state index in [-0.39, 0.29) is 0 Å². The molecule has 0 amide bonds. The van der Waals surface area contributed by atoms with Crippen molar-refractivity contribution in [3.8, 4) is 0 Å². The fourth-order valence-electron chi connectivity index (χ4n) is 1.96. The standard InChI is InChI=1S/C15H25NOS/c1-5-16-15(13(3)18-11-10-17-4)14-8-6-12(2)7-9-14/h6-9,13,15-16H,5,10-11H2,1-4H3. The third-order valence-corrected chi connectivity index (χ3v) is 4.20. The number of ether oxygens (including phenoxy) is 1. The van der Waals surface area contributed by atoms with Crippen molar-refractivity contribution in [2.24, 2.45) is 0 Å². The van der Waals surface area contributed by atoms with Gasteiger partial charge in [-0.15, -0.1) is 0 Å². The SMILES string of the molecule is CCNC(c1ccc(C)cc1)C(C)SCCOC. The highest BCUT2D eigenvalue weighted by Gasteiger charge is 2.18. The van der Waals surface area contributed by atoms with E-state index < -0.39 is 0 Å². The zero-order valence-corrected chi connectivity index (χ0v) is 12.7. The largest absolute Gasteiger partial charge is 0.384 e. The van der Waals surface area contributed by atoms with Crippen molar-refractivity contribution in [1.29, 1.82) is 0 Å². The van der Waals surface area contributed by atoms with E-state index in [1.165, 1.54) is 11.1 Å². The van der Waals surface area contributed by atoms with Crippen LogP contribution in [0.15, 0.2) is 24.3 Å². The first kappa shape index (κ1) is 15.5. The monoisotopic (exact) mass is 267 g/mol. The van der Waals surface area contributed by atoms with Crippen molar-refractivity contribution >= 4 is 11.8 Å². The molecule has 0 aromatic heterocycles. The Morgan fingerprint density at radius 2 is 1.94 bits per heavy atom. The number of thioether (sulfide) groups is 1. The van der Waals surface area contributed by atoms with Gasteiger partial charge in [-0.05, 0) is 19.0 Å². The van der Waals surface area contributed by atoms with E-state index in [1.54, 1.807) is 7.11 Å². The van der Waals surface area contributed by atoms with Gasteiger partial charge in [-0.2, -0.15) is 11.8 Å². The predicted octanol–water partition coefficient (Wildman–Crippen LogP) is 3.41. The lowest BCUT2D eigenvalue weighted by atomic mass is 10.0. The molecule has 102 valence electrons. The van der Waals surface area contributed by atoms with E-state index in [0.29, 0.717) is 11.3 Å². The molecule has 0 aliphatic heterocycles. The molecule has 0 radical (unpaired) electrons. The topological polar surface area (TPSA) is 21.3 Å². The number of nitrogens with one attached hydrogen (secondary N) is 1. The molecule has 2 unspecified atom stereocenters. The van der Waals surface area contributed by atoms with Crippen molar-refractivity contribution in [2.45, 2.75) is 32.1 Å². The summed E-state index contributed by atoms with van der Waals surface area (Å²) in [6, 6.07) is 9.25. The Bertz CT molecular complexity index is 326. The van der Waals surface area contributed by atoms with E-state index in [2.05, 4.69) is 50.4 Å². The number of hydrogen-bond donors (Lipinski definition) is 1. The molecule has 18 heavy (non-hydrogen) atoms. The van der Waals surface area contributed by atoms with Gasteiger partial charge in [0.05, 0.1) is 6.61 Å². The molecule has 1 N–H and O–H groups in total. The normalized spacial score (nSPS) is 14.4. The summed E-state index contributed by atoms with van der Waals surface area (Å²) in [6.45, 7) is 8.39. The minimum atomic E-state index is 0.414. The molecule has 2 atom stereocenters. The number of methoxy groups -OCH3 is 1. The van der Waals surface area contributed by atoms with E-state index in [4.69, 9.17) is 4.74 Å². The Labute approximate surface area is 116 Å². The van der Waals surface area contributed by atoms with Gasteiger partial charge in [0.1, 0.15) is 0 Å². The fourth-order valence-corrected chi connectivity index (χ4v) is 3.04. The van der Waals surface area contributed by atoms with E-state index >= 15 is 0 Å². The maximum Gasteiger partial charge on any atom is 0.0553 e. The molecule has 0 heterocycles. The summed E-state index contributed by atoms with van der Waals surface area (Å²) < 4.78 is 5.11. The quantitative estimate of drug-likeness (QED) is 0.729. The van der Waals surface area contributed by atoms with Crippen molar-refractivity contribution < 1.29 is 4.74 Å². The predicted molar refractivity (Wildman–Crippen MR) is 81.4 cm³/mol. The molecule has 0 fully saturated rings. The second-order valence-electron chi connectivity index (χ2n) is 4.51. The summed E-state index contributed by atoms with van der Waals surface area (Å²) in [5, 5.41) is 4.13. The highest BCUT2D eigenvalue weighted by molar-refractivity contribution is 7.99. The fraction of sp³-hybridized carbons (Fsp3) is 0.600. The third-order valence-electron chi connectivity index (χ3n) is 3.00. The van der Waals surface area contributed by atoms with Crippen molar-refractivity contribution in [3.05, 3.63) is 35.4 Å². The Morgan fingerprint density at radius 1 is 1.28 bits per heavy atom. The maximum absolute atomic E-state index is 5.11. The molecule has 2 nitrogen and oxygen atoms in total. The van der Waals surface area contributed by atoms with Crippen LogP contribution >= 0.6 is 11.8 Å². The van der Waals surface area contributed by atoms with E-state index in [9.17, 15) is 0 Å². The molecule has 1 aromatic carbocycles. The smallest absolute Gasteiger partial charge is 0.0553 e. The number of rotatable bonds is 8. The van der Waals surface area contributed by atoms with Crippen LogP contribution in [0.25, 0.3) is 0 Å². The first-order chi connectivity index (χ1) is 8.69. The van der Waals surface area contributed by atoms with Crippen LogP contribution < -0.4 is 5.32 Å². The number of hydrogen-bond acceptors (Lipinski definition) is 3. The Balaban J connectivity index is 2.65. The summed E-state index contributed by atoms with van der Waals surface area (Å²) in [4.78, 5) is 0. The highest BCUT2D eigenvalue weighted by Crippen LogP contribution is 2.26. The average Bonchev–Trinajstić information content (AvgIpc) is 2.37. The molecule has 0 saturated heterocycles. The molecule has 3 heteroatoms. The van der Waals surface area contributed by atoms with Crippen LogP contribution in [0.4, 0.5) is 0 Å². The van der Waals surface area contributed by atoms with Crippen molar-refractivity contribution in [3.63, 3.8) is 0 Å². The summed E-state index contributed by atoms with van der Waals surface area (Å²) in [5.41, 5.74) is 2.69. The minimum absolute atomic E-state index is 0.414. The van der Waals surface area contributed by atoms with E-state index in [1.807, 2.05) is 11.8 Å². The summed E-state index contributed by atoms with van der Waals surface area (Å²) in [6.07, 6.45) is 0. The second-order valence-corrected chi connectivity index (χ2v) is 6.00. The van der Waals surface area contributed by atoms with Crippen molar-refractivity contribution in [1.82, 2.24) is 5.32 Å². The molecule has 1 aromatic rings. The Hall–Kier alpha value is -0.510. The lowest BCUT2D eigenvalue weighted by Gasteiger charge is -2.25. The van der Waals surface area contributed by atoms with Gasteiger partial charge in [-0.1, -0.05) is 43.7 Å². The van der Waals surface area contributed by atoms with Crippen LogP contribution in [0.2, 0.25) is 0 Å². The van der Waals surface area contributed by atoms with Gasteiger partial charge in [0.25, 0.3) is 0 Å². The molecule has 0 saturated carbocycles. The van der Waals surface area contributed by atoms with Gasteiger partial charge in [0.2, 0.25) is 0 Å². The van der Waals surface area contributed by atoms with Gasteiger partial charge in [-0.3, -0.25) is 0 Å². The molecule has 0 aliphatic rings. The summed E-state index contributed by atoms with van der Waals surface area (Å²) in [7, 11) is 1.76. The van der Waals surface area contributed by atoms with Crippen LogP contribution in [0.3, 0.4) is 0 Å². The second kappa shape index (κ2) is 8.57. The lowest BCUT2D eigenvalue weighted by molar-refractivity contribution is 0.218. The van der Waals surface area contributed by atoms with Crippen LogP contribution in [0, 0.1) is 6.92 Å². The van der Waals surface area contributed by atoms with Crippen molar-refractivity contribution in [2.75, 3.05) is 26.0 Å². The molecule has 0 spiro atoms. The number of aryl methyl sites for hydroxylation is 1.